The largest absolute Gasteiger partial charge is 0.493 e. The third-order valence-electron chi connectivity index (χ3n) is 3.40. The molecule has 1 heterocycles. The predicted molar refractivity (Wildman–Crippen MR) is 87.3 cm³/mol. The molecule has 5 heteroatoms. The standard InChI is InChI=1S/C18H21NO4/c1-21-16-9-8-15(14-17(16)22-2)6-4-12-23-13-5-11-19-10-3-7-18(19)20/h5,8-9,11,14H,3,7,10,12-13H2,1-2H3/b11-5+. The van der Waals surface area contributed by atoms with Crippen molar-refractivity contribution in [2.24, 2.45) is 0 Å². The first kappa shape index (κ1) is 16.9. The molecule has 0 N–H and O–H groups in total. The lowest BCUT2D eigenvalue weighted by atomic mass is 10.2. The Kier molecular flexibility index (Phi) is 6.52. The maximum absolute atomic E-state index is 11.4. The first-order chi connectivity index (χ1) is 11.2. The van der Waals surface area contributed by atoms with Gasteiger partial charge in [-0.15, -0.1) is 0 Å². The molecule has 0 aliphatic carbocycles. The maximum Gasteiger partial charge on any atom is 0.226 e. The summed E-state index contributed by atoms with van der Waals surface area (Å²) in [5.41, 5.74) is 0.837. The summed E-state index contributed by atoms with van der Waals surface area (Å²) in [5.74, 6) is 7.46. The number of likely N-dealkylation sites (tertiary alicyclic amines) is 1. The number of rotatable bonds is 6. The summed E-state index contributed by atoms with van der Waals surface area (Å²) in [4.78, 5) is 13.1. The van der Waals surface area contributed by atoms with E-state index in [1.807, 2.05) is 24.3 Å². The smallest absolute Gasteiger partial charge is 0.226 e. The van der Waals surface area contributed by atoms with Crippen LogP contribution in [-0.4, -0.2) is 44.8 Å². The fourth-order valence-corrected chi connectivity index (χ4v) is 2.23. The number of benzene rings is 1. The van der Waals surface area contributed by atoms with E-state index in [4.69, 9.17) is 14.2 Å². The molecule has 0 bridgehead atoms. The molecule has 0 radical (unpaired) electrons. The molecule has 0 aromatic heterocycles. The number of hydrogen-bond donors (Lipinski definition) is 0. The van der Waals surface area contributed by atoms with E-state index < -0.39 is 0 Å². The fraction of sp³-hybridized carbons (Fsp3) is 0.389. The van der Waals surface area contributed by atoms with Crippen molar-refractivity contribution in [3.63, 3.8) is 0 Å². The lowest BCUT2D eigenvalue weighted by molar-refractivity contribution is -0.125. The van der Waals surface area contributed by atoms with Crippen molar-refractivity contribution >= 4 is 5.91 Å². The second-order valence-electron chi connectivity index (χ2n) is 4.96. The van der Waals surface area contributed by atoms with Gasteiger partial charge in [-0.1, -0.05) is 11.8 Å². The summed E-state index contributed by atoms with van der Waals surface area (Å²) >= 11 is 0. The Hall–Kier alpha value is -2.45. The zero-order valence-corrected chi connectivity index (χ0v) is 13.5. The monoisotopic (exact) mass is 315 g/mol. The molecule has 122 valence electrons. The highest BCUT2D eigenvalue weighted by Gasteiger charge is 2.16. The highest BCUT2D eigenvalue weighted by atomic mass is 16.5. The Morgan fingerprint density at radius 3 is 2.78 bits per heavy atom. The molecule has 1 aliphatic rings. The highest BCUT2D eigenvalue weighted by molar-refractivity contribution is 5.79. The number of nitrogens with zero attached hydrogens (tertiary/aromatic N) is 1. The van der Waals surface area contributed by atoms with Gasteiger partial charge in [0.25, 0.3) is 0 Å². The highest BCUT2D eigenvalue weighted by Crippen LogP contribution is 2.27. The Morgan fingerprint density at radius 2 is 2.09 bits per heavy atom. The van der Waals surface area contributed by atoms with Gasteiger partial charge in [-0.05, 0) is 30.7 Å². The van der Waals surface area contributed by atoms with Gasteiger partial charge in [-0.25, -0.2) is 0 Å². The maximum atomic E-state index is 11.4. The summed E-state index contributed by atoms with van der Waals surface area (Å²) in [6, 6.07) is 5.51. The summed E-state index contributed by atoms with van der Waals surface area (Å²) in [5, 5.41) is 0. The van der Waals surface area contributed by atoms with Crippen molar-refractivity contribution in [1.82, 2.24) is 4.90 Å². The van der Waals surface area contributed by atoms with E-state index in [0.29, 0.717) is 31.1 Å². The minimum Gasteiger partial charge on any atom is -0.493 e. The lowest BCUT2D eigenvalue weighted by Gasteiger charge is -2.07. The first-order valence-electron chi connectivity index (χ1n) is 7.49. The van der Waals surface area contributed by atoms with Gasteiger partial charge in [0.1, 0.15) is 6.61 Å². The van der Waals surface area contributed by atoms with E-state index >= 15 is 0 Å². The van der Waals surface area contributed by atoms with Crippen LogP contribution in [0.25, 0.3) is 0 Å². The van der Waals surface area contributed by atoms with Crippen molar-refractivity contribution in [3.8, 4) is 23.3 Å². The van der Waals surface area contributed by atoms with Gasteiger partial charge in [0.2, 0.25) is 5.91 Å². The number of carbonyl (C=O) groups excluding carboxylic acids is 1. The average Bonchev–Trinajstić information content (AvgIpc) is 2.98. The van der Waals surface area contributed by atoms with E-state index in [0.717, 1.165) is 18.5 Å². The molecule has 1 saturated heterocycles. The van der Waals surface area contributed by atoms with Crippen molar-refractivity contribution in [2.75, 3.05) is 34.0 Å². The van der Waals surface area contributed by atoms with Crippen LogP contribution in [0.4, 0.5) is 0 Å². The van der Waals surface area contributed by atoms with Crippen LogP contribution in [0.1, 0.15) is 18.4 Å². The van der Waals surface area contributed by atoms with Crippen molar-refractivity contribution in [3.05, 3.63) is 36.0 Å². The molecule has 23 heavy (non-hydrogen) atoms. The van der Waals surface area contributed by atoms with Crippen LogP contribution in [0.15, 0.2) is 30.5 Å². The zero-order valence-electron chi connectivity index (χ0n) is 13.5. The fourth-order valence-electron chi connectivity index (χ4n) is 2.23. The van der Waals surface area contributed by atoms with E-state index in [1.54, 1.807) is 25.3 Å². The van der Waals surface area contributed by atoms with Crippen LogP contribution in [0.5, 0.6) is 11.5 Å². The number of ether oxygens (including phenoxy) is 3. The molecule has 1 aliphatic heterocycles. The molecule has 1 fully saturated rings. The van der Waals surface area contributed by atoms with Gasteiger partial charge in [-0.2, -0.15) is 0 Å². The minimum atomic E-state index is 0.175. The van der Waals surface area contributed by atoms with Gasteiger partial charge >= 0.3 is 0 Å². The SMILES string of the molecule is COc1ccc(C#CCOC/C=C/N2CCCC2=O)cc1OC. The Labute approximate surface area is 136 Å². The Balaban J connectivity index is 1.75. The summed E-state index contributed by atoms with van der Waals surface area (Å²) in [6.45, 7) is 1.56. The topological polar surface area (TPSA) is 48.0 Å². The Morgan fingerprint density at radius 1 is 1.26 bits per heavy atom. The van der Waals surface area contributed by atoms with Gasteiger partial charge in [0, 0.05) is 24.7 Å². The van der Waals surface area contributed by atoms with E-state index in [2.05, 4.69) is 11.8 Å². The predicted octanol–water partition coefficient (Wildman–Crippen LogP) is 2.21. The molecule has 0 atom stereocenters. The molecule has 0 unspecified atom stereocenters. The number of carbonyl (C=O) groups is 1. The van der Waals surface area contributed by atoms with Gasteiger partial charge in [-0.3, -0.25) is 4.79 Å². The number of hydrogen-bond acceptors (Lipinski definition) is 4. The summed E-state index contributed by atoms with van der Waals surface area (Å²) in [6.07, 6.45) is 5.20. The molecule has 1 aromatic carbocycles. The van der Waals surface area contributed by atoms with Crippen LogP contribution in [0, 0.1) is 11.8 Å². The third-order valence-corrected chi connectivity index (χ3v) is 3.40. The molecular weight excluding hydrogens is 294 g/mol. The van der Waals surface area contributed by atoms with Crippen LogP contribution in [0.2, 0.25) is 0 Å². The quantitative estimate of drug-likeness (QED) is 0.596. The zero-order chi connectivity index (χ0) is 16.5. The van der Waals surface area contributed by atoms with Crippen molar-refractivity contribution < 1.29 is 19.0 Å². The Bertz CT molecular complexity index is 628. The van der Waals surface area contributed by atoms with E-state index in [1.165, 1.54) is 0 Å². The van der Waals surface area contributed by atoms with Gasteiger partial charge in [0.15, 0.2) is 11.5 Å². The molecule has 1 amide bonds. The second kappa shape index (κ2) is 8.86. The molecule has 5 nitrogen and oxygen atoms in total. The van der Waals surface area contributed by atoms with E-state index in [-0.39, 0.29) is 5.91 Å². The molecule has 1 aromatic rings. The van der Waals surface area contributed by atoms with E-state index in [9.17, 15) is 4.79 Å². The normalized spacial score (nSPS) is 14.0. The second-order valence-corrected chi connectivity index (χ2v) is 4.96. The summed E-state index contributed by atoms with van der Waals surface area (Å²) < 4.78 is 15.8. The van der Waals surface area contributed by atoms with Gasteiger partial charge < -0.3 is 19.1 Å². The number of amides is 1. The van der Waals surface area contributed by atoms with Crippen LogP contribution < -0.4 is 9.47 Å². The minimum absolute atomic E-state index is 0.175. The van der Waals surface area contributed by atoms with Crippen LogP contribution in [-0.2, 0) is 9.53 Å². The van der Waals surface area contributed by atoms with Crippen molar-refractivity contribution in [1.29, 1.82) is 0 Å². The third kappa shape index (κ3) is 5.04. The average molecular weight is 315 g/mol. The molecule has 0 spiro atoms. The van der Waals surface area contributed by atoms with Gasteiger partial charge in [0.05, 0.1) is 20.8 Å². The van der Waals surface area contributed by atoms with Crippen LogP contribution in [0.3, 0.4) is 0 Å². The van der Waals surface area contributed by atoms with Crippen LogP contribution >= 0.6 is 0 Å². The molecule has 0 saturated carbocycles. The first-order valence-corrected chi connectivity index (χ1v) is 7.49. The molecular formula is C18H21NO4. The lowest BCUT2D eigenvalue weighted by Crippen LogP contribution is -2.17. The number of methoxy groups -OCH3 is 2. The summed E-state index contributed by atoms with van der Waals surface area (Å²) in [7, 11) is 3.19. The van der Waals surface area contributed by atoms with Crippen molar-refractivity contribution in [2.45, 2.75) is 12.8 Å². The molecule has 2 rings (SSSR count).